The van der Waals surface area contributed by atoms with Crippen LogP contribution in [-0.2, 0) is 13.6 Å². The molecule has 1 aromatic heterocycles. The van der Waals surface area contributed by atoms with Gasteiger partial charge in [0, 0.05) is 5.56 Å². The summed E-state index contributed by atoms with van der Waals surface area (Å²) < 4.78 is 30.2. The molecule has 3 aromatic rings. The lowest BCUT2D eigenvalue weighted by molar-refractivity contribution is 0.214. The van der Waals surface area contributed by atoms with Gasteiger partial charge in [0.2, 0.25) is 5.13 Å². The lowest BCUT2D eigenvalue weighted by atomic mass is 10.1. The zero-order valence-electron chi connectivity index (χ0n) is 18.4. The molecule has 166 valence electrons. The molecule has 2 aromatic carbocycles. The van der Waals surface area contributed by atoms with E-state index in [1.165, 1.54) is 11.3 Å². The van der Waals surface area contributed by atoms with Gasteiger partial charge in [0.1, 0.15) is 10.8 Å². The standard InChI is InChI=1S/C22H28N3O4PS/c1-6-28-30(26,29-7-2)20(17-8-10-19(27-5)11-9-17)23-22-25-24-21(31-22)18-13-15(3)12-16(4)14-18/h8-14,20H,6-7H2,1-5H3,(H,23,25). The van der Waals surface area contributed by atoms with Gasteiger partial charge in [-0.2, -0.15) is 0 Å². The van der Waals surface area contributed by atoms with Gasteiger partial charge in [-0.1, -0.05) is 40.7 Å². The molecule has 0 aliphatic rings. The van der Waals surface area contributed by atoms with Crippen molar-refractivity contribution in [3.63, 3.8) is 0 Å². The largest absolute Gasteiger partial charge is 0.497 e. The molecule has 9 heteroatoms. The monoisotopic (exact) mass is 461 g/mol. The van der Waals surface area contributed by atoms with Crippen LogP contribution in [0.4, 0.5) is 5.13 Å². The van der Waals surface area contributed by atoms with E-state index in [2.05, 4.69) is 47.6 Å². The number of nitrogens with one attached hydrogen (secondary N) is 1. The molecule has 3 rings (SSSR count). The maximum absolute atomic E-state index is 13.7. The Morgan fingerprint density at radius 1 is 1.00 bits per heavy atom. The predicted molar refractivity (Wildman–Crippen MR) is 125 cm³/mol. The summed E-state index contributed by atoms with van der Waals surface area (Å²) in [5, 5.41) is 13.2. The summed E-state index contributed by atoms with van der Waals surface area (Å²) in [5.74, 6) is -0.0310. The fourth-order valence-electron chi connectivity index (χ4n) is 3.29. The first-order valence-corrected chi connectivity index (χ1v) is 12.5. The van der Waals surface area contributed by atoms with Crippen LogP contribution in [-0.4, -0.2) is 30.5 Å². The Kier molecular flexibility index (Phi) is 7.84. The van der Waals surface area contributed by atoms with Gasteiger partial charge in [-0.15, -0.1) is 10.2 Å². The van der Waals surface area contributed by atoms with E-state index in [4.69, 9.17) is 13.8 Å². The molecule has 0 radical (unpaired) electrons. The Balaban J connectivity index is 1.96. The molecule has 31 heavy (non-hydrogen) atoms. The molecule has 7 nitrogen and oxygen atoms in total. The molecule has 0 aliphatic carbocycles. The van der Waals surface area contributed by atoms with E-state index in [9.17, 15) is 4.57 Å². The van der Waals surface area contributed by atoms with Crippen LogP contribution in [0.15, 0.2) is 42.5 Å². The predicted octanol–water partition coefficient (Wildman–Crippen LogP) is 6.21. The zero-order chi connectivity index (χ0) is 22.4. The molecular formula is C22H28N3O4PS. The smallest absolute Gasteiger partial charge is 0.357 e. The number of rotatable bonds is 10. The van der Waals surface area contributed by atoms with Crippen molar-refractivity contribution < 1.29 is 18.3 Å². The lowest BCUT2D eigenvalue weighted by Gasteiger charge is -2.27. The van der Waals surface area contributed by atoms with Gasteiger partial charge < -0.3 is 19.1 Å². The molecule has 1 atom stereocenters. The second-order valence-corrected chi connectivity index (χ2v) is 10.1. The molecule has 0 fully saturated rings. The number of hydrogen-bond donors (Lipinski definition) is 1. The van der Waals surface area contributed by atoms with E-state index in [-0.39, 0.29) is 13.2 Å². The summed E-state index contributed by atoms with van der Waals surface area (Å²) in [5.41, 5.74) is 4.07. The Labute approximate surface area is 187 Å². The number of ether oxygens (including phenoxy) is 1. The Morgan fingerprint density at radius 3 is 2.16 bits per heavy atom. The van der Waals surface area contributed by atoms with Gasteiger partial charge in [-0.25, -0.2) is 0 Å². The minimum atomic E-state index is -3.53. The van der Waals surface area contributed by atoms with Crippen LogP contribution in [0, 0.1) is 13.8 Å². The summed E-state index contributed by atoms with van der Waals surface area (Å²) in [7, 11) is -1.93. The molecule has 1 N–H and O–H groups in total. The van der Waals surface area contributed by atoms with Crippen molar-refractivity contribution in [3.8, 4) is 16.3 Å². The summed E-state index contributed by atoms with van der Waals surface area (Å²) in [6.45, 7) is 8.21. The lowest BCUT2D eigenvalue weighted by Crippen LogP contribution is -2.15. The zero-order valence-corrected chi connectivity index (χ0v) is 20.1. The van der Waals surface area contributed by atoms with E-state index >= 15 is 0 Å². The average Bonchev–Trinajstić information content (AvgIpc) is 3.21. The third kappa shape index (κ3) is 5.71. The highest BCUT2D eigenvalue weighted by Crippen LogP contribution is 2.61. The summed E-state index contributed by atoms with van der Waals surface area (Å²) >= 11 is 1.40. The SMILES string of the molecule is CCOP(=O)(OCC)C(Nc1nnc(-c2cc(C)cc(C)c2)s1)c1ccc(OC)cc1. The maximum atomic E-state index is 13.7. The number of aromatic nitrogens is 2. The molecule has 1 unspecified atom stereocenters. The molecule has 1 heterocycles. The van der Waals surface area contributed by atoms with E-state index in [1.807, 2.05) is 24.3 Å². The molecule has 0 spiro atoms. The van der Waals surface area contributed by atoms with Crippen LogP contribution in [0.3, 0.4) is 0 Å². The van der Waals surface area contributed by atoms with E-state index in [0.717, 1.165) is 27.3 Å². The van der Waals surface area contributed by atoms with Crippen LogP contribution in [0.2, 0.25) is 0 Å². The summed E-state index contributed by atoms with van der Waals surface area (Å²) in [4.78, 5) is 0. The van der Waals surface area contributed by atoms with Crippen LogP contribution >= 0.6 is 18.9 Å². The number of nitrogens with zero attached hydrogens (tertiary/aromatic N) is 2. The number of benzene rings is 2. The third-order valence-corrected chi connectivity index (χ3v) is 7.72. The maximum Gasteiger partial charge on any atom is 0.357 e. The second kappa shape index (κ2) is 10.4. The van der Waals surface area contributed by atoms with Crippen molar-refractivity contribution in [2.75, 3.05) is 25.6 Å². The van der Waals surface area contributed by atoms with Gasteiger partial charge in [0.25, 0.3) is 0 Å². The van der Waals surface area contributed by atoms with E-state index < -0.39 is 13.4 Å². The van der Waals surface area contributed by atoms with Crippen molar-refractivity contribution in [1.29, 1.82) is 0 Å². The Morgan fingerprint density at radius 2 is 1.61 bits per heavy atom. The highest BCUT2D eigenvalue weighted by atomic mass is 32.1. The summed E-state index contributed by atoms with van der Waals surface area (Å²) in [6.07, 6.45) is 0. The normalized spacial score (nSPS) is 12.5. The number of anilines is 1. The fourth-order valence-corrected chi connectivity index (χ4v) is 6.05. The molecular weight excluding hydrogens is 433 g/mol. The van der Waals surface area contributed by atoms with E-state index in [0.29, 0.717) is 10.9 Å². The summed E-state index contributed by atoms with van der Waals surface area (Å²) in [6, 6.07) is 13.6. The van der Waals surface area contributed by atoms with Gasteiger partial charge >= 0.3 is 7.60 Å². The average molecular weight is 462 g/mol. The quantitative estimate of drug-likeness (QED) is 0.360. The molecule has 0 aliphatic heterocycles. The molecule has 0 amide bonds. The first-order valence-electron chi connectivity index (χ1n) is 10.1. The highest BCUT2D eigenvalue weighted by Gasteiger charge is 2.37. The van der Waals surface area contributed by atoms with Crippen molar-refractivity contribution in [3.05, 3.63) is 59.2 Å². The van der Waals surface area contributed by atoms with E-state index in [1.54, 1.807) is 21.0 Å². The first kappa shape index (κ1) is 23.4. The van der Waals surface area contributed by atoms with Gasteiger partial charge in [-0.3, -0.25) is 4.57 Å². The number of hydrogen-bond acceptors (Lipinski definition) is 8. The molecule has 0 bridgehead atoms. The van der Waals surface area contributed by atoms with Crippen LogP contribution < -0.4 is 10.1 Å². The minimum absolute atomic E-state index is 0.259. The van der Waals surface area contributed by atoms with Gasteiger partial charge in [0.05, 0.1) is 20.3 Å². The van der Waals surface area contributed by atoms with Gasteiger partial charge in [-0.05, 0) is 57.5 Å². The van der Waals surface area contributed by atoms with Crippen LogP contribution in [0.25, 0.3) is 10.6 Å². The van der Waals surface area contributed by atoms with Crippen molar-refractivity contribution >= 4 is 24.1 Å². The minimum Gasteiger partial charge on any atom is -0.497 e. The third-order valence-electron chi connectivity index (χ3n) is 4.52. The number of methoxy groups -OCH3 is 1. The Bertz CT molecular complexity index is 1020. The second-order valence-electron chi connectivity index (χ2n) is 6.98. The molecule has 0 saturated heterocycles. The van der Waals surface area contributed by atoms with Crippen LogP contribution in [0.1, 0.15) is 36.3 Å². The van der Waals surface area contributed by atoms with Crippen LogP contribution in [0.5, 0.6) is 5.75 Å². The fraction of sp³-hybridized carbons (Fsp3) is 0.364. The van der Waals surface area contributed by atoms with Crippen molar-refractivity contribution in [2.45, 2.75) is 33.5 Å². The Hall–Kier alpha value is -2.25. The van der Waals surface area contributed by atoms with Crippen molar-refractivity contribution in [2.24, 2.45) is 0 Å². The van der Waals surface area contributed by atoms with Crippen molar-refractivity contribution in [1.82, 2.24) is 10.2 Å². The first-order chi connectivity index (χ1) is 14.9. The van der Waals surface area contributed by atoms with Gasteiger partial charge in [0.15, 0.2) is 5.78 Å². The molecule has 0 saturated carbocycles. The number of aryl methyl sites for hydroxylation is 2. The highest BCUT2D eigenvalue weighted by molar-refractivity contribution is 7.54. The topological polar surface area (TPSA) is 82.6 Å².